The number of nitro groups is 1. The zero-order chi connectivity index (χ0) is 24.2. The van der Waals surface area contributed by atoms with Gasteiger partial charge in [0.05, 0.1) is 29.3 Å². The van der Waals surface area contributed by atoms with Crippen LogP contribution in [0.2, 0.25) is 0 Å². The molecule has 0 aliphatic carbocycles. The maximum atomic E-state index is 13.1. The number of amides is 1. The summed E-state index contributed by atoms with van der Waals surface area (Å²) in [5.41, 5.74) is 0.228. The number of carbonyl (C=O) groups is 2. The van der Waals surface area contributed by atoms with Crippen molar-refractivity contribution in [2.45, 2.75) is 12.6 Å². The van der Waals surface area contributed by atoms with Gasteiger partial charge in [-0.15, -0.1) is 0 Å². The number of nitro benzene ring substituents is 1. The summed E-state index contributed by atoms with van der Waals surface area (Å²) >= 11 is 0. The van der Waals surface area contributed by atoms with Crippen molar-refractivity contribution < 1.29 is 28.8 Å². The van der Waals surface area contributed by atoms with Gasteiger partial charge in [0.2, 0.25) is 0 Å². The molecule has 1 aliphatic heterocycles. The van der Waals surface area contributed by atoms with Gasteiger partial charge in [0.1, 0.15) is 23.9 Å². The summed E-state index contributed by atoms with van der Waals surface area (Å²) in [4.78, 5) is 38.0. The minimum absolute atomic E-state index is 0.0595. The van der Waals surface area contributed by atoms with Gasteiger partial charge in [0.15, 0.2) is 0 Å². The monoisotopic (exact) mass is 460 g/mol. The van der Waals surface area contributed by atoms with Crippen LogP contribution in [0.4, 0.5) is 5.69 Å². The molecule has 1 fully saturated rings. The third-order valence-corrected chi connectivity index (χ3v) is 5.34. The van der Waals surface area contributed by atoms with E-state index in [4.69, 9.17) is 9.15 Å². The predicted octanol–water partition coefficient (Wildman–Crippen LogP) is 4.37. The van der Waals surface area contributed by atoms with Gasteiger partial charge in [-0.2, -0.15) is 0 Å². The summed E-state index contributed by atoms with van der Waals surface area (Å²) in [5.74, 6) is -1.19. The lowest BCUT2D eigenvalue weighted by atomic mass is 9.95. The Balaban J connectivity index is 1.82. The fourth-order valence-corrected chi connectivity index (χ4v) is 3.79. The molecule has 4 rings (SSSR count). The van der Waals surface area contributed by atoms with Crippen molar-refractivity contribution in [3.05, 3.63) is 112 Å². The van der Waals surface area contributed by atoms with E-state index in [1.807, 2.05) is 0 Å². The molecular formula is C25H20N2O7. The summed E-state index contributed by atoms with van der Waals surface area (Å²) < 4.78 is 10.8. The van der Waals surface area contributed by atoms with E-state index in [2.05, 4.69) is 6.58 Å². The van der Waals surface area contributed by atoms with E-state index in [1.165, 1.54) is 29.4 Å². The quantitative estimate of drug-likeness (QED) is 0.132. The largest absolute Gasteiger partial charge is 0.507 e. The number of nitrogens with zero attached hydrogens (tertiary/aromatic N) is 2. The van der Waals surface area contributed by atoms with Gasteiger partial charge in [-0.1, -0.05) is 24.8 Å². The fourth-order valence-electron chi connectivity index (χ4n) is 3.79. The molecule has 172 valence electrons. The first kappa shape index (κ1) is 22.5. The molecule has 0 radical (unpaired) electrons. The van der Waals surface area contributed by atoms with Gasteiger partial charge >= 0.3 is 0 Å². The normalized spacial score (nSPS) is 17.1. The fraction of sp³-hybridized carbons (Fsp3) is 0.120. The van der Waals surface area contributed by atoms with Crippen LogP contribution in [-0.4, -0.2) is 33.2 Å². The first-order valence-electron chi connectivity index (χ1n) is 10.3. The average molecular weight is 460 g/mol. The topological polar surface area (TPSA) is 123 Å². The summed E-state index contributed by atoms with van der Waals surface area (Å²) in [6.45, 7) is 3.82. The van der Waals surface area contributed by atoms with Gasteiger partial charge in [-0.3, -0.25) is 19.7 Å². The molecule has 0 spiro atoms. The predicted molar refractivity (Wildman–Crippen MR) is 122 cm³/mol. The molecular weight excluding hydrogens is 440 g/mol. The van der Waals surface area contributed by atoms with Crippen molar-refractivity contribution in [2.24, 2.45) is 0 Å². The number of ether oxygens (including phenoxy) is 1. The van der Waals surface area contributed by atoms with Crippen LogP contribution in [0.25, 0.3) is 5.76 Å². The number of aliphatic hydroxyl groups is 1. The van der Waals surface area contributed by atoms with Crippen molar-refractivity contribution in [1.29, 1.82) is 0 Å². The molecule has 9 heteroatoms. The highest BCUT2D eigenvalue weighted by atomic mass is 16.6. The smallest absolute Gasteiger partial charge is 0.296 e. The van der Waals surface area contributed by atoms with E-state index in [0.717, 1.165) is 0 Å². The number of rotatable bonds is 8. The van der Waals surface area contributed by atoms with E-state index in [-0.39, 0.29) is 23.4 Å². The number of likely N-dealkylation sites (tertiary alicyclic amines) is 1. The molecule has 0 bridgehead atoms. The second kappa shape index (κ2) is 9.45. The van der Waals surface area contributed by atoms with Crippen LogP contribution in [-0.2, 0) is 16.1 Å². The molecule has 34 heavy (non-hydrogen) atoms. The molecule has 0 saturated carbocycles. The minimum atomic E-state index is -1.05. The summed E-state index contributed by atoms with van der Waals surface area (Å²) in [6.07, 6.45) is 3.03. The Kier molecular flexibility index (Phi) is 6.26. The zero-order valence-electron chi connectivity index (χ0n) is 17.9. The molecule has 2 aromatic carbocycles. The van der Waals surface area contributed by atoms with Crippen LogP contribution in [0.15, 0.2) is 89.6 Å². The Bertz CT molecular complexity index is 1280. The molecule has 1 atom stereocenters. The van der Waals surface area contributed by atoms with E-state index >= 15 is 0 Å². The molecule has 9 nitrogen and oxygen atoms in total. The molecule has 3 aromatic rings. The third-order valence-electron chi connectivity index (χ3n) is 5.34. The maximum absolute atomic E-state index is 13.1. The number of benzene rings is 2. The highest BCUT2D eigenvalue weighted by molar-refractivity contribution is 6.46. The van der Waals surface area contributed by atoms with Gasteiger partial charge < -0.3 is 19.2 Å². The third kappa shape index (κ3) is 4.31. The molecule has 1 amide bonds. The van der Waals surface area contributed by atoms with Crippen molar-refractivity contribution >= 4 is 23.1 Å². The number of carbonyl (C=O) groups excluding carboxylic acids is 2. The lowest BCUT2D eigenvalue weighted by Gasteiger charge is -2.24. The molecule has 1 aliphatic rings. The zero-order valence-corrected chi connectivity index (χ0v) is 17.9. The first-order valence-corrected chi connectivity index (χ1v) is 10.3. The van der Waals surface area contributed by atoms with Gasteiger partial charge in [-0.05, 0) is 42.0 Å². The van der Waals surface area contributed by atoms with E-state index in [0.29, 0.717) is 23.7 Å². The second-order valence-electron chi connectivity index (χ2n) is 7.48. The SMILES string of the molecule is C=CCOc1ccc(C(O)=C2C(=O)C(=O)N(Cc3ccco3)[C@@H]2c2cccc([N+](=O)[O-])c2)cc1. The highest BCUT2D eigenvalue weighted by Gasteiger charge is 2.46. The Morgan fingerprint density at radius 1 is 1.18 bits per heavy atom. The number of hydrogen-bond acceptors (Lipinski definition) is 7. The lowest BCUT2D eigenvalue weighted by Crippen LogP contribution is -2.29. The minimum Gasteiger partial charge on any atom is -0.507 e. The number of aliphatic hydroxyl groups excluding tert-OH is 1. The highest BCUT2D eigenvalue weighted by Crippen LogP contribution is 2.41. The van der Waals surface area contributed by atoms with Crippen molar-refractivity contribution in [3.63, 3.8) is 0 Å². The van der Waals surface area contributed by atoms with Gasteiger partial charge in [-0.25, -0.2) is 0 Å². The van der Waals surface area contributed by atoms with Crippen LogP contribution in [0.3, 0.4) is 0 Å². The van der Waals surface area contributed by atoms with Crippen LogP contribution in [0.1, 0.15) is 22.9 Å². The van der Waals surface area contributed by atoms with E-state index in [9.17, 15) is 24.8 Å². The van der Waals surface area contributed by atoms with E-state index < -0.39 is 28.4 Å². The maximum Gasteiger partial charge on any atom is 0.296 e. The van der Waals surface area contributed by atoms with Gasteiger partial charge in [0, 0.05) is 17.7 Å². The van der Waals surface area contributed by atoms with Crippen LogP contribution in [0, 0.1) is 10.1 Å². The molecule has 1 N–H and O–H groups in total. The molecule has 1 aromatic heterocycles. The number of furan rings is 1. The lowest BCUT2D eigenvalue weighted by molar-refractivity contribution is -0.384. The number of Topliss-reactive ketones (excluding diaryl/α,β-unsaturated/α-hetero) is 1. The van der Waals surface area contributed by atoms with E-state index in [1.54, 1.807) is 48.5 Å². The molecule has 0 unspecified atom stereocenters. The molecule has 1 saturated heterocycles. The Morgan fingerprint density at radius 3 is 2.59 bits per heavy atom. The number of ketones is 1. The summed E-state index contributed by atoms with van der Waals surface area (Å²) in [6, 6.07) is 14.2. The molecule has 2 heterocycles. The summed E-state index contributed by atoms with van der Waals surface area (Å²) in [7, 11) is 0. The standard InChI is InChI=1S/C25H20N2O7/c1-2-12-33-19-10-8-16(9-11-19)23(28)21-22(17-5-3-6-18(14-17)27(31)32)26(25(30)24(21)29)15-20-7-4-13-34-20/h2-11,13-14,22,28H,1,12,15H2/t22-/m1/s1. The second-order valence-corrected chi connectivity index (χ2v) is 7.48. The Hall–Kier alpha value is -4.66. The summed E-state index contributed by atoms with van der Waals surface area (Å²) in [5, 5.41) is 22.4. The van der Waals surface area contributed by atoms with Crippen LogP contribution >= 0.6 is 0 Å². The van der Waals surface area contributed by atoms with Gasteiger partial charge in [0.25, 0.3) is 17.4 Å². The van der Waals surface area contributed by atoms with Crippen molar-refractivity contribution in [3.8, 4) is 5.75 Å². The van der Waals surface area contributed by atoms with Crippen molar-refractivity contribution in [2.75, 3.05) is 6.61 Å². The van der Waals surface area contributed by atoms with Crippen LogP contribution in [0.5, 0.6) is 5.75 Å². The average Bonchev–Trinajstić information content (AvgIpc) is 3.45. The van der Waals surface area contributed by atoms with Crippen LogP contribution < -0.4 is 4.74 Å². The number of non-ortho nitro benzene ring substituents is 1. The van der Waals surface area contributed by atoms with Crippen molar-refractivity contribution in [1.82, 2.24) is 4.90 Å². The Morgan fingerprint density at radius 2 is 1.94 bits per heavy atom. The first-order chi connectivity index (χ1) is 16.4. The number of hydrogen-bond donors (Lipinski definition) is 1. The Labute approximate surface area is 194 Å².